The number of nitrogens with zero attached hydrogens (tertiary/aromatic N) is 2. The predicted molar refractivity (Wildman–Crippen MR) is 140 cm³/mol. The molecular weight excluding hydrogens is 432 g/mol. The van der Waals surface area contributed by atoms with Crippen LogP contribution in [0.25, 0.3) is 0 Å². The highest BCUT2D eigenvalue weighted by molar-refractivity contribution is 7.99. The summed E-state index contributed by atoms with van der Waals surface area (Å²) < 4.78 is 0. The van der Waals surface area contributed by atoms with Gasteiger partial charge in [0.2, 0.25) is 0 Å². The van der Waals surface area contributed by atoms with Crippen molar-refractivity contribution < 1.29 is 0 Å². The molecule has 0 saturated carbocycles. The largest absolute Gasteiger partial charge is 0.304 e. The minimum absolute atomic E-state index is 0.250. The van der Waals surface area contributed by atoms with Crippen molar-refractivity contribution in [1.82, 2.24) is 4.90 Å². The van der Waals surface area contributed by atoms with Crippen molar-refractivity contribution in [3.05, 3.63) is 95.0 Å². The number of thioether (sulfide) groups is 1. The Kier molecular flexibility index (Phi) is 7.72. The Morgan fingerprint density at radius 3 is 2.25 bits per heavy atom. The second-order valence-corrected chi connectivity index (χ2v) is 10.0. The zero-order chi connectivity index (χ0) is 22.5. The van der Waals surface area contributed by atoms with Gasteiger partial charge < -0.3 is 4.90 Å². The van der Waals surface area contributed by atoms with Crippen LogP contribution < -0.4 is 0 Å². The molecule has 0 aromatic heterocycles. The van der Waals surface area contributed by atoms with Crippen LogP contribution in [0.4, 0.5) is 5.69 Å². The molecule has 0 spiro atoms. The van der Waals surface area contributed by atoms with E-state index in [1.54, 1.807) is 0 Å². The number of para-hydroxylation sites is 1. The number of rotatable bonds is 7. The fourth-order valence-corrected chi connectivity index (χ4v) is 6.20. The molecule has 2 nitrogen and oxygen atoms in total. The van der Waals surface area contributed by atoms with Gasteiger partial charge in [0, 0.05) is 27.6 Å². The van der Waals surface area contributed by atoms with E-state index < -0.39 is 0 Å². The maximum atomic E-state index is 6.26. The molecule has 166 valence electrons. The van der Waals surface area contributed by atoms with Gasteiger partial charge in [0.25, 0.3) is 0 Å². The zero-order valence-electron chi connectivity index (χ0n) is 19.0. The summed E-state index contributed by atoms with van der Waals surface area (Å²) in [5, 5.41) is 1.03. The number of benzene rings is 3. The third-order valence-corrected chi connectivity index (χ3v) is 7.99. The van der Waals surface area contributed by atoms with Gasteiger partial charge in [-0.15, -0.1) is 11.8 Å². The molecule has 3 atom stereocenters. The molecule has 32 heavy (non-hydrogen) atoms. The van der Waals surface area contributed by atoms with Gasteiger partial charge in [-0.2, -0.15) is 0 Å². The van der Waals surface area contributed by atoms with Gasteiger partial charge in [-0.3, -0.25) is 4.99 Å². The van der Waals surface area contributed by atoms with Crippen molar-refractivity contribution in [2.24, 2.45) is 16.8 Å². The highest BCUT2D eigenvalue weighted by Crippen LogP contribution is 2.50. The first-order valence-electron chi connectivity index (χ1n) is 11.5. The highest BCUT2D eigenvalue weighted by atomic mass is 35.5. The molecule has 1 aliphatic rings. The molecule has 1 heterocycles. The van der Waals surface area contributed by atoms with Crippen LogP contribution >= 0.6 is 23.4 Å². The minimum Gasteiger partial charge on any atom is -0.304 e. The molecule has 0 saturated heterocycles. The van der Waals surface area contributed by atoms with E-state index in [-0.39, 0.29) is 11.2 Å². The van der Waals surface area contributed by atoms with Crippen LogP contribution in [0.1, 0.15) is 37.1 Å². The second kappa shape index (κ2) is 10.7. The molecule has 0 bridgehead atoms. The van der Waals surface area contributed by atoms with Crippen LogP contribution in [0.2, 0.25) is 5.02 Å². The zero-order valence-corrected chi connectivity index (χ0v) is 20.6. The van der Waals surface area contributed by atoms with E-state index >= 15 is 0 Å². The molecular formula is C28H31ClN2S. The van der Waals surface area contributed by atoms with Gasteiger partial charge in [-0.05, 0) is 54.4 Å². The van der Waals surface area contributed by atoms with E-state index in [2.05, 4.69) is 92.4 Å². The van der Waals surface area contributed by atoms with Crippen molar-refractivity contribution in [1.29, 1.82) is 0 Å². The monoisotopic (exact) mass is 462 g/mol. The molecule has 0 N–H and O–H groups in total. The minimum atomic E-state index is 0.250. The normalized spacial score (nSPS) is 19.2. The van der Waals surface area contributed by atoms with Gasteiger partial charge in [0.15, 0.2) is 0 Å². The molecule has 3 aromatic carbocycles. The lowest BCUT2D eigenvalue weighted by molar-refractivity contribution is 0.237. The first-order chi connectivity index (χ1) is 15.6. The third kappa shape index (κ3) is 5.11. The first kappa shape index (κ1) is 23.1. The maximum absolute atomic E-state index is 6.26. The van der Waals surface area contributed by atoms with Crippen molar-refractivity contribution >= 4 is 34.8 Å². The molecule has 3 aromatic rings. The molecule has 1 aliphatic heterocycles. The van der Waals surface area contributed by atoms with Crippen LogP contribution in [0.15, 0.2) is 88.8 Å². The number of fused-ring (bicyclic) bond motifs is 1. The number of hydrogen-bond donors (Lipinski definition) is 0. The summed E-state index contributed by atoms with van der Waals surface area (Å²) in [6, 6.07) is 27.7. The fraction of sp³-hybridized carbons (Fsp3) is 0.321. The number of halogens is 1. The number of aliphatic imine (C=N–C) groups is 1. The molecule has 0 radical (unpaired) electrons. The van der Waals surface area contributed by atoms with Gasteiger partial charge in [-0.25, -0.2) is 0 Å². The lowest BCUT2D eigenvalue weighted by atomic mass is 9.80. The van der Waals surface area contributed by atoms with E-state index in [1.807, 2.05) is 23.9 Å². The SMILES string of the molecule is CCN(CC)CC(C)[C@@H]1C(c2ccccc2)=Nc2ccccc2S[C@H]1c1ccc(Cl)cc1. The fourth-order valence-electron chi connectivity index (χ4n) is 4.57. The van der Waals surface area contributed by atoms with E-state index in [0.717, 1.165) is 30.3 Å². The summed E-state index contributed by atoms with van der Waals surface area (Å²) in [4.78, 5) is 9.07. The lowest BCUT2D eigenvalue weighted by Crippen LogP contribution is -2.36. The molecule has 1 unspecified atom stereocenters. The van der Waals surface area contributed by atoms with Gasteiger partial charge in [0.1, 0.15) is 0 Å². The van der Waals surface area contributed by atoms with Crippen LogP contribution in [-0.2, 0) is 0 Å². The van der Waals surface area contributed by atoms with E-state index in [9.17, 15) is 0 Å². The van der Waals surface area contributed by atoms with E-state index in [1.165, 1.54) is 21.7 Å². The lowest BCUT2D eigenvalue weighted by Gasteiger charge is -2.34. The quantitative estimate of drug-likeness (QED) is 0.354. The van der Waals surface area contributed by atoms with E-state index in [4.69, 9.17) is 16.6 Å². The number of hydrogen-bond acceptors (Lipinski definition) is 3. The van der Waals surface area contributed by atoms with Gasteiger partial charge >= 0.3 is 0 Å². The Hall–Kier alpha value is -2.07. The van der Waals surface area contributed by atoms with Crippen molar-refractivity contribution in [2.45, 2.75) is 30.9 Å². The highest BCUT2D eigenvalue weighted by Gasteiger charge is 2.36. The second-order valence-electron chi connectivity index (χ2n) is 8.41. The Bertz CT molecular complexity index is 1040. The molecule has 0 fully saturated rings. The molecule has 0 aliphatic carbocycles. The topological polar surface area (TPSA) is 15.6 Å². The van der Waals surface area contributed by atoms with Crippen molar-refractivity contribution in [3.63, 3.8) is 0 Å². The smallest absolute Gasteiger partial charge is 0.0769 e. The Morgan fingerprint density at radius 1 is 0.906 bits per heavy atom. The van der Waals surface area contributed by atoms with Crippen LogP contribution in [0.3, 0.4) is 0 Å². The Labute approximate surface area is 201 Å². The molecule has 0 amide bonds. The standard InChI is InChI=1S/C28H31ClN2S/c1-4-31(5-2)19-20(3)26-27(21-11-7-6-8-12-21)30-24-13-9-10-14-25(24)32-28(26)22-15-17-23(29)18-16-22/h6-18,20,26,28H,4-5,19H2,1-3H3/t20?,26-,28+/m1/s1. The molecule has 4 heteroatoms. The van der Waals surface area contributed by atoms with Crippen molar-refractivity contribution in [2.75, 3.05) is 19.6 Å². The van der Waals surface area contributed by atoms with Gasteiger partial charge in [0.05, 0.1) is 11.4 Å². The summed E-state index contributed by atoms with van der Waals surface area (Å²) in [6.45, 7) is 10.0. The third-order valence-electron chi connectivity index (χ3n) is 6.32. The summed E-state index contributed by atoms with van der Waals surface area (Å²) in [5.74, 6) is 0.688. The van der Waals surface area contributed by atoms with Crippen LogP contribution in [0, 0.1) is 11.8 Å². The summed E-state index contributed by atoms with van der Waals surface area (Å²) >= 11 is 8.19. The van der Waals surface area contributed by atoms with E-state index in [0.29, 0.717) is 5.92 Å². The first-order valence-corrected chi connectivity index (χ1v) is 12.7. The Balaban J connectivity index is 1.88. The summed E-state index contributed by atoms with van der Waals surface area (Å²) in [5.41, 5.74) is 4.76. The average Bonchev–Trinajstić information content (AvgIpc) is 3.00. The Morgan fingerprint density at radius 2 is 1.56 bits per heavy atom. The summed E-state index contributed by atoms with van der Waals surface area (Å²) in [7, 11) is 0. The summed E-state index contributed by atoms with van der Waals surface area (Å²) in [6.07, 6.45) is 0. The van der Waals surface area contributed by atoms with Crippen LogP contribution in [-0.4, -0.2) is 30.2 Å². The average molecular weight is 463 g/mol. The molecule has 4 rings (SSSR count). The van der Waals surface area contributed by atoms with Gasteiger partial charge in [-0.1, -0.05) is 87.0 Å². The van der Waals surface area contributed by atoms with Crippen LogP contribution in [0.5, 0.6) is 0 Å². The maximum Gasteiger partial charge on any atom is 0.0769 e. The predicted octanol–water partition coefficient (Wildman–Crippen LogP) is 7.90. The van der Waals surface area contributed by atoms with Crippen molar-refractivity contribution in [3.8, 4) is 0 Å².